The van der Waals surface area contributed by atoms with E-state index in [9.17, 15) is 21.6 Å². The molecule has 0 unspecified atom stereocenters. The molecule has 4 aliphatic rings. The molecular formula is C44H62N10O8S2. The zero-order valence-corrected chi connectivity index (χ0v) is 39.5. The summed E-state index contributed by atoms with van der Waals surface area (Å²) in [5.74, 6) is 0.903. The molecule has 2 aromatic carbocycles. The number of carbonyl (C=O) groups excluding carboxylic acids is 1. The van der Waals surface area contributed by atoms with Crippen LogP contribution in [-0.4, -0.2) is 107 Å². The van der Waals surface area contributed by atoms with Gasteiger partial charge in [0, 0.05) is 72.3 Å². The number of primary sulfonamides is 1. The Morgan fingerprint density at radius 3 is 1.56 bits per heavy atom. The normalized spacial score (nSPS) is 14.8. The topological polar surface area (TPSA) is 229 Å². The first kappa shape index (κ1) is 48.6. The van der Waals surface area contributed by atoms with Gasteiger partial charge in [-0.3, -0.25) is 19.2 Å². The summed E-state index contributed by atoms with van der Waals surface area (Å²) < 4.78 is 68.3. The predicted molar refractivity (Wildman–Crippen MR) is 241 cm³/mol. The highest BCUT2D eigenvalue weighted by Gasteiger charge is 2.28. The van der Waals surface area contributed by atoms with Crippen LogP contribution in [0.3, 0.4) is 0 Å². The van der Waals surface area contributed by atoms with Crippen LogP contribution in [0.1, 0.15) is 81.6 Å². The monoisotopic (exact) mass is 922 g/mol. The number of hydrogen-bond acceptors (Lipinski definition) is 13. The second kappa shape index (κ2) is 21.4. The van der Waals surface area contributed by atoms with E-state index >= 15 is 0 Å². The molecule has 0 fully saturated rings. The largest absolute Gasteiger partial charge is 0.387 e. The van der Waals surface area contributed by atoms with E-state index in [4.69, 9.17) is 24.6 Å². The first-order valence-corrected chi connectivity index (χ1v) is 24.7. The van der Waals surface area contributed by atoms with E-state index in [1.807, 2.05) is 30.2 Å². The molecule has 4 aliphatic carbocycles. The van der Waals surface area contributed by atoms with Crippen molar-refractivity contribution in [2.45, 2.75) is 100 Å². The van der Waals surface area contributed by atoms with Crippen molar-refractivity contribution in [3.05, 3.63) is 80.2 Å². The van der Waals surface area contributed by atoms with Crippen LogP contribution in [0.25, 0.3) is 0 Å². The number of nitriles is 1. The predicted octanol–water partition coefficient (Wildman–Crippen LogP) is 3.66. The maximum Gasteiger partial charge on any atom is 0.333 e. The zero-order chi connectivity index (χ0) is 46.2. The van der Waals surface area contributed by atoms with Gasteiger partial charge in [0.25, 0.3) is 26.3 Å². The number of methoxy groups -OCH3 is 2. The Morgan fingerprint density at radius 2 is 1.14 bits per heavy atom. The number of nitrogens with zero attached hydrogens (tertiary/aromatic N) is 7. The SMILES string of the molecule is COCCN(C)Cc1cc(S(=O)(=O)NC(=O)Nc2c3c(cc4c2CCC4)CCC3)nn1C.COCCN(C)Cc1cc(S(N)(=O)=O)nn1C.N#COc1c2c(cc3c1CCC3)CCC2. The van der Waals surface area contributed by atoms with E-state index < -0.39 is 26.1 Å². The van der Waals surface area contributed by atoms with Crippen molar-refractivity contribution in [2.75, 3.05) is 59.9 Å². The second-order valence-corrected chi connectivity index (χ2v) is 20.0. The van der Waals surface area contributed by atoms with Gasteiger partial charge in [0.15, 0.2) is 10.1 Å². The Morgan fingerprint density at radius 1 is 0.719 bits per heavy atom. The van der Waals surface area contributed by atoms with Crippen molar-refractivity contribution in [2.24, 2.45) is 19.2 Å². The van der Waals surface area contributed by atoms with Crippen molar-refractivity contribution >= 4 is 31.8 Å². The highest BCUT2D eigenvalue weighted by molar-refractivity contribution is 7.90. The average molecular weight is 923 g/mol. The molecule has 0 spiro atoms. The molecule has 2 aromatic heterocycles. The minimum atomic E-state index is -4.10. The summed E-state index contributed by atoms with van der Waals surface area (Å²) in [6.45, 7) is 3.76. The summed E-state index contributed by atoms with van der Waals surface area (Å²) in [6.07, 6.45) is 14.7. The van der Waals surface area contributed by atoms with Crippen molar-refractivity contribution in [1.29, 1.82) is 5.26 Å². The number of rotatable bonds is 15. The molecule has 0 bridgehead atoms. The summed E-state index contributed by atoms with van der Waals surface area (Å²) in [7, 11) is 2.66. The standard InChI is InChI=1S/C22H31N5O4S.C13H13NO.C9H18N4O3S/c1-26(10-11-31-3)14-17-13-20(24-27(17)2)32(29,30)25-22(28)23-21-18-8-4-6-15(18)12-16-7-5-9-19(16)21;14-8-15-13-11-5-1-3-9(11)7-10-4-2-6-12(10)13;1-12(4-5-16-3)7-8-6-9(11-13(8)2)17(10,14)15/h12-13H,4-11,14H2,1-3H3,(H2,23,25,28);7H,1-6H2;6H,4-5,7H2,1-3H3,(H2,10,14,15). The fourth-order valence-electron chi connectivity index (χ4n) is 8.94. The minimum Gasteiger partial charge on any atom is -0.387 e. The molecule has 0 aliphatic heterocycles. The van der Waals surface area contributed by atoms with Gasteiger partial charge in [-0.25, -0.2) is 23.1 Å². The third-order valence-electron chi connectivity index (χ3n) is 12.2. The van der Waals surface area contributed by atoms with Crippen LogP contribution in [0.2, 0.25) is 0 Å². The van der Waals surface area contributed by atoms with Crippen LogP contribution in [0.5, 0.6) is 5.75 Å². The summed E-state index contributed by atoms with van der Waals surface area (Å²) >= 11 is 0. The highest BCUT2D eigenvalue weighted by atomic mass is 32.2. The van der Waals surface area contributed by atoms with Gasteiger partial charge < -0.3 is 19.5 Å². The molecule has 4 aromatic rings. The molecule has 2 amide bonds. The summed E-state index contributed by atoms with van der Waals surface area (Å²) in [4.78, 5) is 16.7. The molecule has 0 saturated carbocycles. The van der Waals surface area contributed by atoms with Gasteiger partial charge in [0.1, 0.15) is 5.75 Å². The summed E-state index contributed by atoms with van der Waals surface area (Å²) in [5.41, 5.74) is 12.6. The molecule has 348 valence electrons. The number of sulfonamides is 2. The van der Waals surface area contributed by atoms with E-state index in [0.717, 1.165) is 105 Å². The fraction of sp³-hybridized carbons (Fsp3) is 0.545. The van der Waals surface area contributed by atoms with Gasteiger partial charge in [-0.2, -0.15) is 18.6 Å². The number of nitrogens with one attached hydrogen (secondary N) is 2. The van der Waals surface area contributed by atoms with E-state index in [2.05, 4.69) is 32.4 Å². The first-order chi connectivity index (χ1) is 30.5. The van der Waals surface area contributed by atoms with Gasteiger partial charge in [-0.15, -0.1) is 5.26 Å². The van der Waals surface area contributed by atoms with E-state index in [0.29, 0.717) is 32.8 Å². The Hall–Kier alpha value is -4.88. The smallest absolute Gasteiger partial charge is 0.333 e. The van der Waals surface area contributed by atoms with Crippen molar-refractivity contribution < 1.29 is 35.8 Å². The molecule has 0 atom stereocenters. The minimum absolute atomic E-state index is 0.102. The lowest BCUT2D eigenvalue weighted by Crippen LogP contribution is -2.35. The number of ether oxygens (including phenoxy) is 3. The molecule has 18 nitrogen and oxygen atoms in total. The molecular weight excluding hydrogens is 861 g/mol. The number of anilines is 1. The Kier molecular flexibility index (Phi) is 16.2. The lowest BCUT2D eigenvalue weighted by atomic mass is 9.99. The van der Waals surface area contributed by atoms with Crippen molar-refractivity contribution in [3.8, 4) is 12.0 Å². The zero-order valence-electron chi connectivity index (χ0n) is 37.8. The highest BCUT2D eigenvalue weighted by Crippen LogP contribution is 2.40. The maximum atomic E-state index is 12.8. The van der Waals surface area contributed by atoms with Gasteiger partial charge in [0.2, 0.25) is 0 Å². The van der Waals surface area contributed by atoms with Crippen LogP contribution >= 0.6 is 0 Å². The molecule has 4 N–H and O–H groups in total. The third-order valence-corrected chi connectivity index (χ3v) is 14.2. The molecule has 0 saturated heterocycles. The number of carbonyl (C=O) groups is 1. The van der Waals surface area contributed by atoms with Crippen LogP contribution in [0, 0.1) is 11.5 Å². The van der Waals surface area contributed by atoms with E-state index in [1.54, 1.807) is 28.3 Å². The third kappa shape index (κ3) is 11.9. The molecule has 2 heterocycles. The number of aryl methyl sites for hydroxylation is 6. The fourth-order valence-corrected chi connectivity index (χ4v) is 10.4. The quantitative estimate of drug-likeness (QED) is 0.145. The van der Waals surface area contributed by atoms with Crippen molar-refractivity contribution in [1.82, 2.24) is 34.1 Å². The molecule has 64 heavy (non-hydrogen) atoms. The van der Waals surface area contributed by atoms with Gasteiger partial charge in [0.05, 0.1) is 24.6 Å². The number of aromatic nitrogens is 4. The maximum absolute atomic E-state index is 12.8. The van der Waals surface area contributed by atoms with Crippen molar-refractivity contribution in [3.63, 3.8) is 0 Å². The lowest BCUT2D eigenvalue weighted by molar-refractivity contribution is 0.157. The summed E-state index contributed by atoms with van der Waals surface area (Å²) in [5, 5.41) is 24.3. The first-order valence-electron chi connectivity index (χ1n) is 21.7. The number of benzene rings is 2. The van der Waals surface area contributed by atoms with Crippen LogP contribution in [-0.2, 0) is 108 Å². The number of amides is 2. The molecule has 0 radical (unpaired) electrons. The number of urea groups is 1. The van der Waals surface area contributed by atoms with Gasteiger partial charge in [-0.05, 0) is 136 Å². The number of hydrogen-bond donors (Lipinski definition) is 3. The Bertz CT molecular complexity index is 2520. The van der Waals surface area contributed by atoms with E-state index in [1.165, 1.54) is 67.7 Å². The van der Waals surface area contributed by atoms with Crippen LogP contribution in [0.4, 0.5) is 10.5 Å². The molecule has 20 heteroatoms. The Balaban J connectivity index is 0.000000178. The summed E-state index contributed by atoms with van der Waals surface area (Å²) in [6, 6.07) is 6.84. The number of fused-ring (bicyclic) bond motifs is 4. The average Bonchev–Trinajstić information content (AvgIpc) is 4.10. The number of nitrogens with two attached hydrogens (primary N) is 1. The Labute approximate surface area is 377 Å². The number of likely N-dealkylation sites (N-methyl/N-ethyl adjacent to an activating group) is 2. The second-order valence-electron chi connectivity index (χ2n) is 16.9. The van der Waals surface area contributed by atoms with Gasteiger partial charge >= 0.3 is 6.03 Å². The van der Waals surface area contributed by atoms with E-state index in [-0.39, 0.29) is 10.1 Å². The lowest BCUT2D eigenvalue weighted by Gasteiger charge is -2.16. The van der Waals surface area contributed by atoms with Crippen LogP contribution in [0.15, 0.2) is 34.3 Å². The van der Waals surface area contributed by atoms with Gasteiger partial charge in [-0.1, -0.05) is 12.1 Å². The van der Waals surface area contributed by atoms with Crippen LogP contribution < -0.4 is 19.9 Å². The molecule has 8 rings (SSSR count).